The van der Waals surface area contributed by atoms with Gasteiger partial charge in [-0.1, -0.05) is 63.9 Å². The van der Waals surface area contributed by atoms with Crippen LogP contribution < -0.4 is 40.2 Å². The van der Waals surface area contributed by atoms with Crippen LogP contribution in [0.2, 0.25) is 0 Å². The summed E-state index contributed by atoms with van der Waals surface area (Å²) in [6.45, 7) is 6.62. The number of carboxylic acids is 1. The van der Waals surface area contributed by atoms with Crippen molar-refractivity contribution in [3.63, 3.8) is 0 Å². The van der Waals surface area contributed by atoms with Crippen LogP contribution in [0.4, 0.5) is 17.2 Å². The number of hydrogen-bond acceptors (Lipinski definition) is 4. The Kier molecular flexibility index (Phi) is 7.33. The zero-order valence-corrected chi connectivity index (χ0v) is 23.2. The molecule has 3 N–H and O–H groups in total. The van der Waals surface area contributed by atoms with Crippen LogP contribution in [0.1, 0.15) is 70.5 Å². The van der Waals surface area contributed by atoms with Gasteiger partial charge in [0, 0.05) is 18.3 Å². The van der Waals surface area contributed by atoms with Crippen molar-refractivity contribution in [2.75, 3.05) is 10.6 Å². The van der Waals surface area contributed by atoms with E-state index in [1.54, 1.807) is 4.90 Å². The van der Waals surface area contributed by atoms with Crippen LogP contribution in [0.25, 0.3) is 11.1 Å². The standard InChI is InChI=1S/C29H33N3O2.Na.H/c1-29(2,3)23-11-8-19(9-12-23)20-10-13-25-21(14-20)16-26(28(33)34)32(25)27-24(30)15-22(17-31-27)18-6-4-5-7-18;;/h8-15,17-18,26H,4-7,16,30H2,1-3H3,(H,33,34);;/q;+1;-1. The van der Waals surface area contributed by atoms with Gasteiger partial charge < -0.3 is 17.2 Å². The predicted molar refractivity (Wildman–Crippen MR) is 139 cm³/mol. The average molecular weight is 480 g/mol. The van der Waals surface area contributed by atoms with E-state index in [1.807, 2.05) is 18.3 Å². The second-order valence-electron chi connectivity index (χ2n) is 10.8. The van der Waals surface area contributed by atoms with Crippen LogP contribution in [0.3, 0.4) is 0 Å². The molecule has 2 aliphatic rings. The van der Waals surface area contributed by atoms with Gasteiger partial charge in [-0.05, 0) is 70.2 Å². The van der Waals surface area contributed by atoms with E-state index in [4.69, 9.17) is 5.73 Å². The van der Waals surface area contributed by atoms with Gasteiger partial charge in [0.1, 0.15) is 6.04 Å². The van der Waals surface area contributed by atoms with Crippen molar-refractivity contribution >= 4 is 23.2 Å². The molecule has 1 saturated carbocycles. The number of aromatic nitrogens is 1. The minimum absolute atomic E-state index is 0. The fraction of sp³-hybridized carbons (Fsp3) is 0.379. The Morgan fingerprint density at radius 1 is 1.06 bits per heavy atom. The molecule has 5 rings (SSSR count). The number of rotatable bonds is 4. The summed E-state index contributed by atoms with van der Waals surface area (Å²) in [6.07, 6.45) is 7.14. The van der Waals surface area contributed by atoms with Crippen LogP contribution in [0.5, 0.6) is 0 Å². The van der Waals surface area contributed by atoms with E-state index in [-0.39, 0.29) is 36.4 Å². The third-order valence-corrected chi connectivity index (χ3v) is 7.40. The molecule has 0 radical (unpaired) electrons. The maximum atomic E-state index is 12.2. The predicted octanol–water partition coefficient (Wildman–Crippen LogP) is 3.55. The normalized spacial score (nSPS) is 17.8. The molecule has 178 valence electrons. The van der Waals surface area contributed by atoms with Gasteiger partial charge in [-0.2, -0.15) is 0 Å². The zero-order chi connectivity index (χ0) is 24.0. The van der Waals surface area contributed by atoms with Crippen LogP contribution in [0, 0.1) is 0 Å². The van der Waals surface area contributed by atoms with E-state index < -0.39 is 12.0 Å². The monoisotopic (exact) mass is 479 g/mol. The van der Waals surface area contributed by atoms with Crippen LogP contribution in [-0.4, -0.2) is 22.1 Å². The van der Waals surface area contributed by atoms with Crippen LogP contribution >= 0.6 is 0 Å². The van der Waals surface area contributed by atoms with Gasteiger partial charge in [0.05, 0.1) is 5.69 Å². The van der Waals surface area contributed by atoms with Gasteiger partial charge in [0.15, 0.2) is 5.82 Å². The summed E-state index contributed by atoms with van der Waals surface area (Å²) in [5.74, 6) is 0.181. The Morgan fingerprint density at radius 2 is 1.71 bits per heavy atom. The van der Waals surface area contributed by atoms with E-state index >= 15 is 0 Å². The van der Waals surface area contributed by atoms with Crippen molar-refractivity contribution < 1.29 is 40.9 Å². The van der Waals surface area contributed by atoms with Gasteiger partial charge >= 0.3 is 35.5 Å². The number of anilines is 3. The number of carboxylic acid groups (broad SMARTS) is 1. The van der Waals surface area contributed by atoms with E-state index in [9.17, 15) is 9.90 Å². The molecular weight excluding hydrogens is 445 g/mol. The van der Waals surface area contributed by atoms with Crippen molar-refractivity contribution in [3.05, 3.63) is 71.4 Å². The second-order valence-corrected chi connectivity index (χ2v) is 10.8. The molecule has 1 fully saturated rings. The summed E-state index contributed by atoms with van der Waals surface area (Å²) in [4.78, 5) is 18.7. The van der Waals surface area contributed by atoms with Gasteiger partial charge in [0.25, 0.3) is 0 Å². The van der Waals surface area contributed by atoms with Crippen molar-refractivity contribution in [2.45, 2.75) is 70.3 Å². The van der Waals surface area contributed by atoms with Crippen molar-refractivity contribution in [2.24, 2.45) is 0 Å². The number of pyridine rings is 1. The van der Waals surface area contributed by atoms with Gasteiger partial charge in [-0.15, -0.1) is 0 Å². The number of benzene rings is 2. The molecule has 1 aromatic heterocycles. The second kappa shape index (κ2) is 9.96. The van der Waals surface area contributed by atoms with Crippen molar-refractivity contribution in [3.8, 4) is 11.1 Å². The van der Waals surface area contributed by atoms with Crippen LogP contribution in [0.15, 0.2) is 54.7 Å². The minimum Gasteiger partial charge on any atom is -1.00 e. The smallest absolute Gasteiger partial charge is 1.00 e. The third kappa shape index (κ3) is 5.00. The molecule has 3 aromatic rings. The summed E-state index contributed by atoms with van der Waals surface area (Å²) in [7, 11) is 0. The summed E-state index contributed by atoms with van der Waals surface area (Å²) >= 11 is 0. The molecule has 35 heavy (non-hydrogen) atoms. The van der Waals surface area contributed by atoms with Crippen molar-refractivity contribution in [1.29, 1.82) is 0 Å². The Bertz CT molecular complexity index is 1230. The largest absolute Gasteiger partial charge is 1.00 e. The fourth-order valence-corrected chi connectivity index (χ4v) is 5.43. The maximum absolute atomic E-state index is 12.2. The number of hydrogen-bond donors (Lipinski definition) is 2. The zero-order valence-electron chi connectivity index (χ0n) is 22.2. The minimum atomic E-state index is -0.867. The first-order chi connectivity index (χ1) is 16.2. The Labute approximate surface area is 231 Å². The first kappa shape index (κ1) is 25.7. The van der Waals surface area contributed by atoms with Crippen LogP contribution in [-0.2, 0) is 16.6 Å². The van der Waals surface area contributed by atoms with E-state index in [0.29, 0.717) is 23.8 Å². The third-order valence-electron chi connectivity index (χ3n) is 7.40. The van der Waals surface area contributed by atoms with Gasteiger partial charge in [0.2, 0.25) is 0 Å². The molecule has 6 heteroatoms. The fourth-order valence-electron chi connectivity index (χ4n) is 5.43. The molecule has 1 aliphatic carbocycles. The van der Waals surface area contributed by atoms with E-state index in [0.717, 1.165) is 22.4 Å². The quantitative estimate of drug-likeness (QED) is 0.560. The molecular formula is C29H34N3NaO2. The molecule has 2 heterocycles. The number of fused-ring (bicyclic) bond motifs is 1. The first-order valence-electron chi connectivity index (χ1n) is 12.2. The number of nitrogens with zero attached hydrogens (tertiary/aromatic N) is 2. The summed E-state index contributed by atoms with van der Waals surface area (Å²) < 4.78 is 0. The molecule has 0 amide bonds. The Morgan fingerprint density at radius 3 is 2.31 bits per heavy atom. The Hall–Kier alpha value is -2.34. The molecule has 1 aliphatic heterocycles. The Balaban J connectivity index is 0.00000180. The van der Waals surface area contributed by atoms with Gasteiger partial charge in [-0.25, -0.2) is 9.78 Å². The molecule has 0 spiro atoms. The number of nitrogen functional groups attached to an aromatic ring is 1. The van der Waals surface area contributed by atoms with Crippen molar-refractivity contribution in [1.82, 2.24) is 4.98 Å². The number of aliphatic carboxylic acids is 1. The summed E-state index contributed by atoms with van der Waals surface area (Å²) in [5.41, 5.74) is 13.7. The topological polar surface area (TPSA) is 79.5 Å². The number of carbonyl (C=O) groups is 1. The molecule has 2 aromatic carbocycles. The molecule has 0 saturated heterocycles. The maximum Gasteiger partial charge on any atom is 1.00 e. The SMILES string of the molecule is CC(C)(C)c1ccc(-c2ccc3c(c2)CC(C(=O)O)N3c2ncc(C3CCCC3)cc2N)cc1.[H-].[Na+]. The first-order valence-corrected chi connectivity index (χ1v) is 12.2. The van der Waals surface area contributed by atoms with Gasteiger partial charge in [-0.3, -0.25) is 0 Å². The molecule has 1 atom stereocenters. The summed E-state index contributed by atoms with van der Waals surface area (Å²) in [5, 5.41) is 10.0. The number of nitrogens with two attached hydrogens (primary N) is 1. The molecule has 0 bridgehead atoms. The average Bonchev–Trinajstić information content (AvgIpc) is 3.46. The molecule has 1 unspecified atom stereocenters. The molecule has 5 nitrogen and oxygen atoms in total. The van der Waals surface area contributed by atoms with E-state index in [1.165, 1.54) is 36.8 Å². The van der Waals surface area contributed by atoms with E-state index in [2.05, 4.69) is 62.2 Å². The summed E-state index contributed by atoms with van der Waals surface area (Å²) in [6, 6.07) is 16.1.